The van der Waals surface area contributed by atoms with Crippen LogP contribution in [0.4, 0.5) is 0 Å². The first kappa shape index (κ1) is 23.2. The van der Waals surface area contributed by atoms with Crippen LogP contribution in [-0.2, 0) is 6.54 Å². The van der Waals surface area contributed by atoms with Gasteiger partial charge in [0.2, 0.25) is 5.69 Å². The standard InChI is InChI=1S/C25H30N4O3/c1-6-18(5)26-23(30)22-24(31)28(15-20-10-8-7-9-17(20)4)25(32)29(27-22)21-13-11-19(12-14-21)16(2)3/h7-14,16,18H,6,15H2,1-5H3,(H,26,30)/t18-/m1/s1. The monoisotopic (exact) mass is 434 g/mol. The molecule has 1 aromatic heterocycles. The molecule has 0 saturated carbocycles. The highest BCUT2D eigenvalue weighted by atomic mass is 16.2. The third kappa shape index (κ3) is 4.88. The average Bonchev–Trinajstić information content (AvgIpc) is 2.77. The lowest BCUT2D eigenvalue weighted by molar-refractivity contribution is 0.0929. The summed E-state index contributed by atoms with van der Waals surface area (Å²) in [7, 11) is 0. The molecule has 0 unspecified atom stereocenters. The smallest absolute Gasteiger partial charge is 0.348 e. The van der Waals surface area contributed by atoms with Gasteiger partial charge in [0.15, 0.2) is 0 Å². The summed E-state index contributed by atoms with van der Waals surface area (Å²) in [5.74, 6) is -0.254. The number of rotatable bonds is 7. The Kier molecular flexibility index (Phi) is 7.08. The molecular weight excluding hydrogens is 404 g/mol. The summed E-state index contributed by atoms with van der Waals surface area (Å²) in [5.41, 5.74) is 1.80. The van der Waals surface area contributed by atoms with Gasteiger partial charge in [-0.2, -0.15) is 9.78 Å². The van der Waals surface area contributed by atoms with Gasteiger partial charge in [0.25, 0.3) is 11.5 Å². The van der Waals surface area contributed by atoms with Crippen molar-refractivity contribution in [3.8, 4) is 5.69 Å². The number of carbonyl (C=O) groups excluding carboxylic acids is 1. The molecule has 3 rings (SSSR count). The van der Waals surface area contributed by atoms with Crippen LogP contribution in [0.3, 0.4) is 0 Å². The minimum atomic E-state index is -0.700. The Balaban J connectivity index is 2.19. The van der Waals surface area contributed by atoms with E-state index >= 15 is 0 Å². The molecule has 7 nitrogen and oxygen atoms in total. The Morgan fingerprint density at radius 1 is 1.03 bits per heavy atom. The van der Waals surface area contributed by atoms with Crippen molar-refractivity contribution >= 4 is 5.91 Å². The molecule has 32 heavy (non-hydrogen) atoms. The topological polar surface area (TPSA) is 86.0 Å². The van der Waals surface area contributed by atoms with Crippen LogP contribution >= 0.6 is 0 Å². The Hall–Kier alpha value is -3.48. The van der Waals surface area contributed by atoms with Gasteiger partial charge in [-0.3, -0.25) is 14.2 Å². The zero-order chi connectivity index (χ0) is 23.4. The van der Waals surface area contributed by atoms with Crippen LogP contribution < -0.4 is 16.6 Å². The van der Waals surface area contributed by atoms with Crippen molar-refractivity contribution in [1.29, 1.82) is 0 Å². The molecule has 0 spiro atoms. The number of nitrogens with one attached hydrogen (secondary N) is 1. The highest BCUT2D eigenvalue weighted by Crippen LogP contribution is 2.16. The van der Waals surface area contributed by atoms with Crippen molar-refractivity contribution in [3.05, 3.63) is 91.8 Å². The summed E-state index contributed by atoms with van der Waals surface area (Å²) < 4.78 is 2.21. The SMILES string of the molecule is CC[C@@H](C)NC(=O)c1nn(-c2ccc(C(C)C)cc2)c(=O)n(Cc2ccccc2C)c1=O. The molecule has 0 fully saturated rings. The lowest BCUT2D eigenvalue weighted by Crippen LogP contribution is -2.47. The Morgan fingerprint density at radius 3 is 2.28 bits per heavy atom. The van der Waals surface area contributed by atoms with E-state index in [0.29, 0.717) is 18.0 Å². The summed E-state index contributed by atoms with van der Waals surface area (Å²) in [6.07, 6.45) is 0.708. The zero-order valence-corrected chi connectivity index (χ0v) is 19.3. The van der Waals surface area contributed by atoms with Crippen molar-refractivity contribution < 1.29 is 4.79 Å². The van der Waals surface area contributed by atoms with E-state index in [9.17, 15) is 14.4 Å². The van der Waals surface area contributed by atoms with Gasteiger partial charge in [-0.05, 0) is 55.0 Å². The lowest BCUT2D eigenvalue weighted by Gasteiger charge is -2.15. The minimum Gasteiger partial charge on any atom is -0.348 e. The van der Waals surface area contributed by atoms with Gasteiger partial charge in [-0.15, -0.1) is 0 Å². The fourth-order valence-corrected chi connectivity index (χ4v) is 3.32. The molecule has 168 valence electrons. The predicted molar refractivity (Wildman–Crippen MR) is 126 cm³/mol. The van der Waals surface area contributed by atoms with Crippen LogP contribution in [0.15, 0.2) is 58.1 Å². The maximum atomic E-state index is 13.3. The highest BCUT2D eigenvalue weighted by molar-refractivity contribution is 5.91. The molecule has 0 aliphatic rings. The number of benzene rings is 2. The Morgan fingerprint density at radius 2 is 1.69 bits per heavy atom. The Bertz CT molecular complexity index is 1220. The van der Waals surface area contributed by atoms with E-state index in [2.05, 4.69) is 24.3 Å². The molecule has 2 aromatic carbocycles. The van der Waals surface area contributed by atoms with Gasteiger partial charge < -0.3 is 5.32 Å². The summed E-state index contributed by atoms with van der Waals surface area (Å²) in [6.45, 7) is 9.93. The van der Waals surface area contributed by atoms with E-state index in [1.54, 1.807) is 12.1 Å². The molecular formula is C25H30N4O3. The molecule has 1 heterocycles. The Labute approximate surface area is 187 Å². The molecule has 0 aliphatic carbocycles. The largest absolute Gasteiger partial charge is 0.352 e. The van der Waals surface area contributed by atoms with Crippen molar-refractivity contribution in [2.75, 3.05) is 0 Å². The number of carbonyl (C=O) groups is 1. The minimum absolute atomic E-state index is 0.0561. The predicted octanol–water partition coefficient (Wildman–Crippen LogP) is 3.40. The van der Waals surface area contributed by atoms with Gasteiger partial charge >= 0.3 is 5.69 Å². The molecule has 1 N–H and O–H groups in total. The maximum Gasteiger partial charge on any atom is 0.352 e. The first-order valence-corrected chi connectivity index (χ1v) is 10.9. The molecule has 7 heteroatoms. The molecule has 1 atom stereocenters. The van der Waals surface area contributed by atoms with E-state index < -0.39 is 17.2 Å². The van der Waals surface area contributed by atoms with Crippen LogP contribution in [0, 0.1) is 6.92 Å². The van der Waals surface area contributed by atoms with E-state index in [-0.39, 0.29) is 18.3 Å². The van der Waals surface area contributed by atoms with Crippen LogP contribution in [-0.4, -0.2) is 26.3 Å². The van der Waals surface area contributed by atoms with Gasteiger partial charge in [0.05, 0.1) is 12.2 Å². The van der Waals surface area contributed by atoms with E-state index in [4.69, 9.17) is 0 Å². The van der Waals surface area contributed by atoms with Crippen molar-refractivity contribution in [3.63, 3.8) is 0 Å². The quantitative estimate of drug-likeness (QED) is 0.618. The average molecular weight is 435 g/mol. The van der Waals surface area contributed by atoms with Crippen LogP contribution in [0.1, 0.15) is 67.2 Å². The second-order valence-corrected chi connectivity index (χ2v) is 8.39. The zero-order valence-electron chi connectivity index (χ0n) is 19.3. The van der Waals surface area contributed by atoms with E-state index in [1.165, 1.54) is 0 Å². The third-order valence-electron chi connectivity index (χ3n) is 5.66. The normalized spacial score (nSPS) is 12.1. The van der Waals surface area contributed by atoms with Crippen LogP contribution in [0.2, 0.25) is 0 Å². The third-order valence-corrected chi connectivity index (χ3v) is 5.66. The van der Waals surface area contributed by atoms with E-state index in [1.807, 2.05) is 57.2 Å². The summed E-state index contributed by atoms with van der Waals surface area (Å²) in [4.78, 5) is 39.3. The molecule has 3 aromatic rings. The first-order chi connectivity index (χ1) is 15.2. The fraction of sp³-hybridized carbons (Fsp3) is 0.360. The molecule has 0 radical (unpaired) electrons. The van der Waals surface area contributed by atoms with Gasteiger partial charge in [0.1, 0.15) is 0 Å². The number of aryl methyl sites for hydroxylation is 1. The molecule has 1 amide bonds. The summed E-state index contributed by atoms with van der Waals surface area (Å²) >= 11 is 0. The molecule has 0 saturated heterocycles. The number of amides is 1. The first-order valence-electron chi connectivity index (χ1n) is 10.9. The second kappa shape index (κ2) is 9.77. The maximum absolute atomic E-state index is 13.3. The van der Waals surface area contributed by atoms with Crippen molar-refractivity contribution in [1.82, 2.24) is 19.7 Å². The lowest BCUT2D eigenvalue weighted by atomic mass is 10.0. The van der Waals surface area contributed by atoms with Crippen molar-refractivity contribution in [2.24, 2.45) is 0 Å². The van der Waals surface area contributed by atoms with Gasteiger partial charge in [0, 0.05) is 6.04 Å². The number of aromatic nitrogens is 3. The molecule has 0 bridgehead atoms. The van der Waals surface area contributed by atoms with Crippen molar-refractivity contribution in [2.45, 2.75) is 59.5 Å². The summed E-state index contributed by atoms with van der Waals surface area (Å²) in [6, 6.07) is 14.8. The van der Waals surface area contributed by atoms with Crippen LogP contribution in [0.5, 0.6) is 0 Å². The highest BCUT2D eigenvalue weighted by Gasteiger charge is 2.21. The van der Waals surface area contributed by atoms with Gasteiger partial charge in [-0.25, -0.2) is 4.79 Å². The van der Waals surface area contributed by atoms with Gasteiger partial charge in [-0.1, -0.05) is 57.2 Å². The van der Waals surface area contributed by atoms with Crippen LogP contribution in [0.25, 0.3) is 5.69 Å². The number of hydrogen-bond acceptors (Lipinski definition) is 4. The summed E-state index contributed by atoms with van der Waals surface area (Å²) in [5, 5.41) is 6.97. The number of hydrogen-bond donors (Lipinski definition) is 1. The van der Waals surface area contributed by atoms with E-state index in [0.717, 1.165) is 25.9 Å². The second-order valence-electron chi connectivity index (χ2n) is 8.39. The molecule has 0 aliphatic heterocycles. The fourth-order valence-electron chi connectivity index (χ4n) is 3.32. The number of nitrogens with zero attached hydrogens (tertiary/aromatic N) is 3.